The van der Waals surface area contributed by atoms with Gasteiger partial charge >= 0.3 is 0 Å². The zero-order chi connectivity index (χ0) is 13.1. The fraction of sp³-hybridized carbons (Fsp3) is 0.133. The van der Waals surface area contributed by atoms with E-state index in [0.717, 1.165) is 28.4 Å². The lowest BCUT2D eigenvalue weighted by molar-refractivity contribution is 1.04. The van der Waals surface area contributed by atoms with E-state index in [1.165, 1.54) is 5.56 Å². The Bertz CT molecular complexity index is 677. The molecule has 94 valence electrons. The van der Waals surface area contributed by atoms with E-state index in [0.29, 0.717) is 0 Å². The second-order valence-corrected chi connectivity index (χ2v) is 5.31. The zero-order valence-corrected chi connectivity index (χ0v) is 11.4. The van der Waals surface area contributed by atoms with Crippen LogP contribution in [0.5, 0.6) is 0 Å². The summed E-state index contributed by atoms with van der Waals surface area (Å²) in [6.45, 7) is 2.08. The molecule has 0 unspecified atom stereocenters. The molecule has 0 aliphatic carbocycles. The molecule has 0 atom stereocenters. The summed E-state index contributed by atoms with van der Waals surface area (Å²) in [5.74, 6) is 0. The van der Waals surface area contributed by atoms with Crippen molar-refractivity contribution in [2.45, 2.75) is 13.3 Å². The molecule has 4 heteroatoms. The Labute approximate surface area is 116 Å². The third kappa shape index (κ3) is 2.85. The van der Waals surface area contributed by atoms with Gasteiger partial charge in [-0.05, 0) is 36.8 Å². The number of hydrogen-bond donors (Lipinski definition) is 0. The Balaban J connectivity index is 1.82. The van der Waals surface area contributed by atoms with E-state index in [1.54, 1.807) is 17.5 Å². The molecule has 0 aromatic carbocycles. The molecular weight excluding hydrogens is 254 g/mol. The molecular formula is C15H13N3S. The number of aryl methyl sites for hydroxylation is 1. The summed E-state index contributed by atoms with van der Waals surface area (Å²) in [5, 5.41) is 3.15. The Morgan fingerprint density at radius 2 is 2.16 bits per heavy atom. The number of rotatable bonds is 3. The summed E-state index contributed by atoms with van der Waals surface area (Å²) >= 11 is 1.67. The van der Waals surface area contributed by atoms with Crippen molar-refractivity contribution >= 4 is 11.3 Å². The predicted octanol–water partition coefficient (Wildman–Crippen LogP) is 3.50. The predicted molar refractivity (Wildman–Crippen MR) is 77.1 cm³/mol. The van der Waals surface area contributed by atoms with Crippen molar-refractivity contribution < 1.29 is 0 Å². The fourth-order valence-electron chi connectivity index (χ4n) is 1.89. The zero-order valence-electron chi connectivity index (χ0n) is 10.6. The van der Waals surface area contributed by atoms with Crippen molar-refractivity contribution in [3.8, 4) is 11.3 Å². The van der Waals surface area contributed by atoms with Gasteiger partial charge in [-0.15, -0.1) is 11.3 Å². The third-order valence-corrected chi connectivity index (χ3v) is 3.66. The van der Waals surface area contributed by atoms with Crippen LogP contribution in [0.2, 0.25) is 0 Å². The molecule has 0 amide bonds. The van der Waals surface area contributed by atoms with Crippen molar-refractivity contribution in [1.82, 2.24) is 15.0 Å². The molecule has 0 saturated heterocycles. The van der Waals surface area contributed by atoms with E-state index in [4.69, 9.17) is 0 Å². The lowest BCUT2D eigenvalue weighted by Crippen LogP contribution is -1.92. The highest BCUT2D eigenvalue weighted by Crippen LogP contribution is 2.22. The number of nitrogens with zero attached hydrogens (tertiary/aromatic N) is 3. The number of pyridine rings is 2. The van der Waals surface area contributed by atoms with Gasteiger partial charge in [-0.25, -0.2) is 4.98 Å². The molecule has 19 heavy (non-hydrogen) atoms. The number of aromatic nitrogens is 3. The van der Waals surface area contributed by atoms with E-state index in [-0.39, 0.29) is 0 Å². The third-order valence-electron chi connectivity index (χ3n) is 2.81. The standard InChI is InChI=1S/C15H13N3S/c1-11-4-6-17-13(7-11)8-15-18-14(10-19-15)12-3-2-5-16-9-12/h2-7,9-10H,8H2,1H3. The van der Waals surface area contributed by atoms with Gasteiger partial charge in [0.1, 0.15) is 0 Å². The molecule has 0 saturated carbocycles. The highest BCUT2D eigenvalue weighted by molar-refractivity contribution is 7.10. The van der Waals surface area contributed by atoms with Crippen LogP contribution in [-0.4, -0.2) is 15.0 Å². The molecule has 0 aliphatic heterocycles. The van der Waals surface area contributed by atoms with Gasteiger partial charge in [-0.1, -0.05) is 0 Å². The Kier molecular flexibility index (Phi) is 3.33. The summed E-state index contributed by atoms with van der Waals surface area (Å²) in [6.07, 6.45) is 6.24. The van der Waals surface area contributed by atoms with Crippen molar-refractivity contribution in [1.29, 1.82) is 0 Å². The van der Waals surface area contributed by atoms with E-state index in [2.05, 4.69) is 33.3 Å². The summed E-state index contributed by atoms with van der Waals surface area (Å²) < 4.78 is 0. The molecule has 3 nitrogen and oxygen atoms in total. The van der Waals surface area contributed by atoms with Gasteiger partial charge in [0.05, 0.1) is 10.7 Å². The van der Waals surface area contributed by atoms with Crippen LogP contribution < -0.4 is 0 Å². The second kappa shape index (κ2) is 5.28. The van der Waals surface area contributed by atoms with Gasteiger partial charge in [0.25, 0.3) is 0 Å². The normalized spacial score (nSPS) is 10.6. The van der Waals surface area contributed by atoms with Crippen LogP contribution in [-0.2, 0) is 6.42 Å². The molecule has 0 aliphatic rings. The number of hydrogen-bond acceptors (Lipinski definition) is 4. The van der Waals surface area contributed by atoms with E-state index in [9.17, 15) is 0 Å². The van der Waals surface area contributed by atoms with Gasteiger partial charge < -0.3 is 0 Å². The highest BCUT2D eigenvalue weighted by atomic mass is 32.1. The number of thiazole rings is 1. The van der Waals surface area contributed by atoms with Crippen molar-refractivity contribution in [3.05, 3.63) is 64.5 Å². The molecule has 3 aromatic rings. The van der Waals surface area contributed by atoms with Crippen LogP contribution in [0.25, 0.3) is 11.3 Å². The molecule has 0 fully saturated rings. The summed E-state index contributed by atoms with van der Waals surface area (Å²) in [7, 11) is 0. The molecule has 0 bridgehead atoms. The van der Waals surface area contributed by atoms with Crippen molar-refractivity contribution in [2.75, 3.05) is 0 Å². The maximum absolute atomic E-state index is 4.64. The molecule has 3 heterocycles. The highest BCUT2D eigenvalue weighted by Gasteiger charge is 2.06. The minimum Gasteiger partial charge on any atom is -0.264 e. The lowest BCUT2D eigenvalue weighted by Gasteiger charge is -1.98. The molecule has 3 aromatic heterocycles. The maximum atomic E-state index is 4.64. The first-order valence-electron chi connectivity index (χ1n) is 6.07. The van der Waals surface area contributed by atoms with Crippen LogP contribution in [0, 0.1) is 6.92 Å². The fourth-order valence-corrected chi connectivity index (χ4v) is 2.71. The molecule has 3 rings (SSSR count). The summed E-state index contributed by atoms with van der Waals surface area (Å²) in [6, 6.07) is 8.06. The average Bonchev–Trinajstić information content (AvgIpc) is 2.88. The SMILES string of the molecule is Cc1ccnc(Cc2nc(-c3cccnc3)cs2)c1. The summed E-state index contributed by atoms with van der Waals surface area (Å²) in [4.78, 5) is 13.1. The smallest absolute Gasteiger partial charge is 0.0992 e. The maximum Gasteiger partial charge on any atom is 0.0992 e. The topological polar surface area (TPSA) is 38.7 Å². The van der Waals surface area contributed by atoms with E-state index in [1.807, 2.05) is 30.6 Å². The lowest BCUT2D eigenvalue weighted by atomic mass is 10.2. The molecule has 0 radical (unpaired) electrons. The van der Waals surface area contributed by atoms with E-state index >= 15 is 0 Å². The van der Waals surface area contributed by atoms with Gasteiger partial charge in [-0.3, -0.25) is 9.97 Å². The molecule has 0 N–H and O–H groups in total. The van der Waals surface area contributed by atoms with E-state index < -0.39 is 0 Å². The quantitative estimate of drug-likeness (QED) is 0.729. The monoisotopic (exact) mass is 267 g/mol. The largest absolute Gasteiger partial charge is 0.264 e. The first-order valence-corrected chi connectivity index (χ1v) is 6.95. The Morgan fingerprint density at radius 1 is 1.21 bits per heavy atom. The van der Waals surface area contributed by atoms with Crippen LogP contribution in [0.1, 0.15) is 16.3 Å². The van der Waals surface area contributed by atoms with Crippen LogP contribution >= 0.6 is 11.3 Å². The van der Waals surface area contributed by atoms with Gasteiger partial charge in [0.2, 0.25) is 0 Å². The van der Waals surface area contributed by atoms with Crippen molar-refractivity contribution in [3.63, 3.8) is 0 Å². The van der Waals surface area contributed by atoms with Gasteiger partial charge in [-0.2, -0.15) is 0 Å². The minimum absolute atomic E-state index is 0.784. The molecule has 0 spiro atoms. The average molecular weight is 267 g/mol. The first kappa shape index (κ1) is 12.0. The van der Waals surface area contributed by atoms with Crippen LogP contribution in [0.3, 0.4) is 0 Å². The van der Waals surface area contributed by atoms with Gasteiger partial charge in [0.15, 0.2) is 0 Å². The second-order valence-electron chi connectivity index (χ2n) is 4.37. The summed E-state index contributed by atoms with van der Waals surface area (Å²) in [5.41, 5.74) is 4.34. The first-order chi connectivity index (χ1) is 9.31. The van der Waals surface area contributed by atoms with Crippen LogP contribution in [0.4, 0.5) is 0 Å². The minimum atomic E-state index is 0.784. The van der Waals surface area contributed by atoms with Crippen LogP contribution in [0.15, 0.2) is 48.2 Å². The van der Waals surface area contributed by atoms with Gasteiger partial charge in [0, 0.05) is 41.6 Å². The Hall–Kier alpha value is -2.07. The van der Waals surface area contributed by atoms with Crippen molar-refractivity contribution in [2.24, 2.45) is 0 Å². The Morgan fingerprint density at radius 3 is 2.95 bits per heavy atom.